The Morgan fingerprint density at radius 1 is 0.349 bits per heavy atom. The van der Waals surface area contributed by atoms with E-state index in [-0.39, 0.29) is 5.41 Å². The van der Waals surface area contributed by atoms with Gasteiger partial charge in [-0.1, -0.05) is 147 Å². The second-order valence-corrected chi connectivity index (χ2v) is 12.5. The highest BCUT2D eigenvalue weighted by atomic mass is 14.4. The Kier molecular flexibility index (Phi) is 5.05. The zero-order chi connectivity index (χ0) is 28.7. The number of hydrogen-bond acceptors (Lipinski definition) is 0. The summed E-state index contributed by atoms with van der Waals surface area (Å²) in [4.78, 5) is 0. The number of rotatable bonds is 2. The Bertz CT molecular complexity index is 2420. The van der Waals surface area contributed by atoms with Gasteiger partial charge in [-0.3, -0.25) is 0 Å². The fraction of sp³-hybridized carbons (Fsp3) is 0.0698. The molecule has 1 aliphatic carbocycles. The van der Waals surface area contributed by atoms with E-state index in [0.717, 1.165) is 0 Å². The molecule has 0 unspecified atom stereocenters. The van der Waals surface area contributed by atoms with Gasteiger partial charge in [-0.15, -0.1) is 0 Å². The van der Waals surface area contributed by atoms with Crippen molar-refractivity contribution >= 4 is 43.1 Å². The lowest BCUT2D eigenvalue weighted by atomic mass is 9.77. The Morgan fingerprint density at radius 2 is 0.814 bits per heavy atom. The summed E-state index contributed by atoms with van der Waals surface area (Å²) in [6.45, 7) is 4.77. The van der Waals surface area contributed by atoms with E-state index in [1.165, 1.54) is 87.6 Å². The lowest BCUT2D eigenvalue weighted by Crippen LogP contribution is -2.16. The molecule has 202 valence electrons. The number of benzene rings is 8. The summed E-state index contributed by atoms with van der Waals surface area (Å²) in [5, 5.41) is 10.4. The third-order valence-electron chi connectivity index (χ3n) is 9.81. The van der Waals surface area contributed by atoms with Gasteiger partial charge >= 0.3 is 0 Å². The molecule has 0 saturated carbocycles. The summed E-state index contributed by atoms with van der Waals surface area (Å²) >= 11 is 0. The summed E-state index contributed by atoms with van der Waals surface area (Å²) < 4.78 is 0. The minimum absolute atomic E-state index is 0.0872. The zero-order valence-electron chi connectivity index (χ0n) is 24.4. The standard InChI is InChI=1S/C43H30/c1-43(2)40-24-10-9-18-33(40)36-22-12-23-37(42(36)43)39-26-28-25-38(30-21-11-14-27-13-3-4-15-29(27)30)31-16-5-7-19-34(31)41(28)35-20-8-6-17-32(35)39/h3-26H,1-2H3. The first-order valence-electron chi connectivity index (χ1n) is 15.2. The van der Waals surface area contributed by atoms with Crippen molar-refractivity contribution in [2.75, 3.05) is 0 Å². The van der Waals surface area contributed by atoms with Crippen molar-refractivity contribution in [3.8, 4) is 33.4 Å². The normalized spacial score (nSPS) is 13.5. The maximum absolute atomic E-state index is 2.47. The fourth-order valence-corrected chi connectivity index (χ4v) is 7.96. The molecule has 1 aliphatic rings. The smallest absolute Gasteiger partial charge is 0.0165 e. The van der Waals surface area contributed by atoms with Crippen molar-refractivity contribution < 1.29 is 0 Å². The van der Waals surface area contributed by atoms with E-state index in [9.17, 15) is 0 Å². The van der Waals surface area contributed by atoms with E-state index < -0.39 is 0 Å². The fourth-order valence-electron chi connectivity index (χ4n) is 7.96. The van der Waals surface area contributed by atoms with Gasteiger partial charge in [-0.05, 0) is 99.7 Å². The molecule has 0 heteroatoms. The summed E-state index contributed by atoms with van der Waals surface area (Å²) in [5.74, 6) is 0. The highest BCUT2D eigenvalue weighted by Gasteiger charge is 2.37. The molecular formula is C43H30. The SMILES string of the molecule is CC1(C)c2ccccc2-c2cccc(-c3cc4cc(-c5cccc6ccccc56)c5ccccc5c4c4ccccc34)c21. The van der Waals surface area contributed by atoms with Crippen molar-refractivity contribution in [1.82, 2.24) is 0 Å². The Balaban J connectivity index is 1.42. The van der Waals surface area contributed by atoms with Gasteiger partial charge in [0.05, 0.1) is 0 Å². The quantitative estimate of drug-likeness (QED) is 0.189. The molecule has 0 radical (unpaired) electrons. The molecule has 0 nitrogen and oxygen atoms in total. The van der Waals surface area contributed by atoms with Crippen LogP contribution < -0.4 is 0 Å². The van der Waals surface area contributed by atoms with Crippen molar-refractivity contribution in [3.63, 3.8) is 0 Å². The molecule has 43 heavy (non-hydrogen) atoms. The van der Waals surface area contributed by atoms with E-state index in [4.69, 9.17) is 0 Å². The minimum atomic E-state index is -0.0872. The van der Waals surface area contributed by atoms with Crippen LogP contribution in [0, 0.1) is 0 Å². The van der Waals surface area contributed by atoms with Crippen molar-refractivity contribution in [3.05, 3.63) is 157 Å². The Morgan fingerprint density at radius 3 is 1.53 bits per heavy atom. The van der Waals surface area contributed by atoms with E-state index >= 15 is 0 Å². The zero-order valence-corrected chi connectivity index (χ0v) is 24.4. The van der Waals surface area contributed by atoms with Gasteiger partial charge in [0.15, 0.2) is 0 Å². The van der Waals surface area contributed by atoms with Crippen LogP contribution in [0.2, 0.25) is 0 Å². The second kappa shape index (κ2) is 8.90. The molecule has 0 saturated heterocycles. The maximum atomic E-state index is 2.47. The van der Waals surface area contributed by atoms with Crippen LogP contribution in [0.15, 0.2) is 146 Å². The van der Waals surface area contributed by atoms with E-state index in [1.54, 1.807) is 0 Å². The first-order chi connectivity index (χ1) is 21.1. The molecule has 0 heterocycles. The largest absolute Gasteiger partial charge is 0.0619 e. The van der Waals surface area contributed by atoms with Crippen LogP contribution in [0.3, 0.4) is 0 Å². The van der Waals surface area contributed by atoms with Gasteiger partial charge in [0, 0.05) is 5.41 Å². The predicted molar refractivity (Wildman–Crippen MR) is 185 cm³/mol. The Hall–Kier alpha value is -5.20. The average Bonchev–Trinajstić information content (AvgIpc) is 3.30. The molecule has 0 atom stereocenters. The molecule has 0 amide bonds. The third-order valence-corrected chi connectivity index (χ3v) is 9.81. The van der Waals surface area contributed by atoms with Crippen LogP contribution in [0.1, 0.15) is 25.0 Å². The molecular weight excluding hydrogens is 516 g/mol. The second-order valence-electron chi connectivity index (χ2n) is 12.5. The van der Waals surface area contributed by atoms with Crippen molar-refractivity contribution in [1.29, 1.82) is 0 Å². The lowest BCUT2D eigenvalue weighted by molar-refractivity contribution is 0.662. The third kappa shape index (κ3) is 3.38. The lowest BCUT2D eigenvalue weighted by Gasteiger charge is -2.25. The van der Waals surface area contributed by atoms with Gasteiger partial charge in [0.25, 0.3) is 0 Å². The number of fused-ring (bicyclic) bond motifs is 9. The molecule has 8 aromatic rings. The van der Waals surface area contributed by atoms with Crippen molar-refractivity contribution in [2.24, 2.45) is 0 Å². The number of hydrogen-bond donors (Lipinski definition) is 0. The monoisotopic (exact) mass is 546 g/mol. The Labute approximate surface area is 251 Å². The van der Waals surface area contributed by atoms with Crippen LogP contribution in [-0.2, 0) is 5.41 Å². The maximum Gasteiger partial charge on any atom is 0.0165 e. The van der Waals surface area contributed by atoms with E-state index in [0.29, 0.717) is 0 Å². The minimum Gasteiger partial charge on any atom is -0.0619 e. The van der Waals surface area contributed by atoms with Gasteiger partial charge in [0.1, 0.15) is 0 Å². The topological polar surface area (TPSA) is 0 Å². The summed E-state index contributed by atoms with van der Waals surface area (Å²) in [6, 6.07) is 54.1. The highest BCUT2D eigenvalue weighted by molar-refractivity contribution is 6.26. The van der Waals surface area contributed by atoms with Crippen LogP contribution in [0.4, 0.5) is 0 Å². The average molecular weight is 547 g/mol. The summed E-state index contributed by atoms with van der Waals surface area (Å²) in [5.41, 5.74) is 10.7. The van der Waals surface area contributed by atoms with Gasteiger partial charge in [-0.2, -0.15) is 0 Å². The van der Waals surface area contributed by atoms with Gasteiger partial charge in [0.2, 0.25) is 0 Å². The molecule has 0 N–H and O–H groups in total. The van der Waals surface area contributed by atoms with E-state index in [1.807, 2.05) is 0 Å². The van der Waals surface area contributed by atoms with Crippen LogP contribution in [-0.4, -0.2) is 0 Å². The van der Waals surface area contributed by atoms with Crippen LogP contribution in [0.5, 0.6) is 0 Å². The molecule has 0 aromatic heterocycles. The van der Waals surface area contributed by atoms with Gasteiger partial charge < -0.3 is 0 Å². The molecule has 0 aliphatic heterocycles. The van der Waals surface area contributed by atoms with E-state index in [2.05, 4.69) is 159 Å². The van der Waals surface area contributed by atoms with Gasteiger partial charge in [-0.25, -0.2) is 0 Å². The molecule has 0 spiro atoms. The van der Waals surface area contributed by atoms with Crippen molar-refractivity contribution in [2.45, 2.75) is 19.3 Å². The first kappa shape index (κ1) is 24.4. The summed E-state index contributed by atoms with van der Waals surface area (Å²) in [6.07, 6.45) is 0. The summed E-state index contributed by atoms with van der Waals surface area (Å²) in [7, 11) is 0. The molecule has 9 rings (SSSR count). The molecule has 8 aromatic carbocycles. The van der Waals surface area contributed by atoms with Crippen LogP contribution in [0.25, 0.3) is 76.5 Å². The predicted octanol–water partition coefficient (Wildman–Crippen LogP) is 11.9. The highest BCUT2D eigenvalue weighted by Crippen LogP contribution is 2.53. The first-order valence-corrected chi connectivity index (χ1v) is 15.2. The molecule has 0 bridgehead atoms. The van der Waals surface area contributed by atoms with Crippen LogP contribution >= 0.6 is 0 Å². The molecule has 0 fully saturated rings.